The van der Waals surface area contributed by atoms with Crippen molar-refractivity contribution in [2.24, 2.45) is 5.41 Å². The zero-order chi connectivity index (χ0) is 14.8. The predicted molar refractivity (Wildman–Crippen MR) is 79.6 cm³/mol. The lowest BCUT2D eigenvalue weighted by atomic mass is 9.91. The molecule has 0 aromatic heterocycles. The molecule has 0 bridgehead atoms. The monoisotopic (exact) mass is 284 g/mol. The Balaban J connectivity index is 3.08. The van der Waals surface area contributed by atoms with Gasteiger partial charge in [0.1, 0.15) is 0 Å². The van der Waals surface area contributed by atoms with E-state index in [0.29, 0.717) is 17.8 Å². The molecule has 0 aliphatic carbocycles. The Hall–Kier alpha value is -1.07. The Morgan fingerprint density at radius 1 is 1.26 bits per heavy atom. The first-order valence-corrected chi connectivity index (χ1v) is 7.94. The summed E-state index contributed by atoms with van der Waals surface area (Å²) in [6.45, 7) is 10.1. The summed E-state index contributed by atoms with van der Waals surface area (Å²) in [5.41, 5.74) is 7.73. The number of benzene rings is 1. The molecular weight excluding hydrogens is 260 g/mol. The van der Waals surface area contributed by atoms with E-state index in [0.717, 1.165) is 12.0 Å². The second-order valence-electron chi connectivity index (χ2n) is 5.82. The van der Waals surface area contributed by atoms with E-state index in [1.807, 2.05) is 27.7 Å². The van der Waals surface area contributed by atoms with Gasteiger partial charge in [-0.15, -0.1) is 0 Å². The predicted octanol–water partition coefficient (Wildman–Crippen LogP) is 2.60. The number of aryl methyl sites for hydroxylation is 1. The number of anilines is 1. The molecule has 1 aromatic rings. The number of rotatable bonds is 5. The quantitative estimate of drug-likeness (QED) is 0.816. The van der Waals surface area contributed by atoms with Gasteiger partial charge in [0.2, 0.25) is 10.0 Å². The van der Waals surface area contributed by atoms with E-state index in [1.54, 1.807) is 19.1 Å². The summed E-state index contributed by atoms with van der Waals surface area (Å²) in [5, 5.41) is 0. The molecule has 0 unspecified atom stereocenters. The van der Waals surface area contributed by atoms with Crippen molar-refractivity contribution in [2.45, 2.75) is 45.9 Å². The fraction of sp³-hybridized carbons (Fsp3) is 0.571. The lowest BCUT2D eigenvalue weighted by Crippen LogP contribution is -2.34. The van der Waals surface area contributed by atoms with Gasteiger partial charge in [0, 0.05) is 12.2 Å². The molecule has 0 atom stereocenters. The summed E-state index contributed by atoms with van der Waals surface area (Å²) in [6, 6.07) is 3.44. The largest absolute Gasteiger partial charge is 0.398 e. The van der Waals surface area contributed by atoms with Crippen LogP contribution in [0.1, 0.15) is 38.3 Å². The van der Waals surface area contributed by atoms with Crippen LogP contribution in [-0.2, 0) is 10.0 Å². The molecule has 1 rings (SSSR count). The smallest absolute Gasteiger partial charge is 0.240 e. The van der Waals surface area contributed by atoms with Crippen LogP contribution in [0.4, 0.5) is 5.69 Å². The molecule has 1 aromatic carbocycles. The molecular formula is C14H24N2O2S. The third-order valence-electron chi connectivity index (χ3n) is 3.53. The topological polar surface area (TPSA) is 72.2 Å². The van der Waals surface area contributed by atoms with E-state index in [9.17, 15) is 8.42 Å². The molecule has 0 heterocycles. The summed E-state index contributed by atoms with van der Waals surface area (Å²) in [4.78, 5) is 0.275. The molecule has 0 saturated heterocycles. The fourth-order valence-corrected chi connectivity index (χ4v) is 3.22. The molecule has 0 amide bonds. The van der Waals surface area contributed by atoms with Gasteiger partial charge in [0.25, 0.3) is 0 Å². The van der Waals surface area contributed by atoms with Crippen LogP contribution in [0.3, 0.4) is 0 Å². The van der Waals surface area contributed by atoms with Crippen molar-refractivity contribution in [3.05, 3.63) is 23.3 Å². The van der Waals surface area contributed by atoms with Gasteiger partial charge in [-0.3, -0.25) is 0 Å². The van der Waals surface area contributed by atoms with E-state index in [4.69, 9.17) is 5.73 Å². The first-order chi connectivity index (χ1) is 8.59. The third kappa shape index (κ3) is 3.94. The van der Waals surface area contributed by atoms with Crippen molar-refractivity contribution in [3.63, 3.8) is 0 Å². The number of sulfonamides is 1. The maximum atomic E-state index is 12.4. The Bertz CT molecular complexity index is 563. The van der Waals surface area contributed by atoms with Gasteiger partial charge in [-0.05, 0) is 48.9 Å². The highest BCUT2D eigenvalue weighted by atomic mass is 32.2. The van der Waals surface area contributed by atoms with Crippen molar-refractivity contribution >= 4 is 15.7 Å². The Morgan fingerprint density at radius 2 is 1.84 bits per heavy atom. The minimum atomic E-state index is -3.51. The number of nitrogen functional groups attached to an aromatic ring is 1. The molecule has 0 fully saturated rings. The van der Waals surface area contributed by atoms with Crippen molar-refractivity contribution in [1.29, 1.82) is 0 Å². The minimum absolute atomic E-state index is 0.0592. The van der Waals surface area contributed by atoms with E-state index in [-0.39, 0.29) is 10.3 Å². The van der Waals surface area contributed by atoms with Gasteiger partial charge in [-0.1, -0.05) is 20.8 Å². The summed E-state index contributed by atoms with van der Waals surface area (Å²) < 4.78 is 27.4. The normalized spacial score (nSPS) is 12.7. The van der Waals surface area contributed by atoms with Gasteiger partial charge in [-0.25, -0.2) is 13.1 Å². The van der Waals surface area contributed by atoms with Crippen LogP contribution in [0.25, 0.3) is 0 Å². The molecule has 3 N–H and O–H groups in total. The van der Waals surface area contributed by atoms with Crippen molar-refractivity contribution < 1.29 is 8.42 Å². The van der Waals surface area contributed by atoms with Crippen molar-refractivity contribution in [1.82, 2.24) is 4.72 Å². The van der Waals surface area contributed by atoms with Gasteiger partial charge in [0.15, 0.2) is 0 Å². The average molecular weight is 284 g/mol. The van der Waals surface area contributed by atoms with Crippen LogP contribution < -0.4 is 10.5 Å². The number of hydrogen-bond acceptors (Lipinski definition) is 3. The molecule has 0 spiro atoms. The van der Waals surface area contributed by atoms with Crippen molar-refractivity contribution in [3.8, 4) is 0 Å². The van der Waals surface area contributed by atoms with Crippen LogP contribution in [0, 0.1) is 19.3 Å². The highest BCUT2D eigenvalue weighted by Crippen LogP contribution is 2.24. The summed E-state index contributed by atoms with van der Waals surface area (Å²) in [6.07, 6.45) is 0.907. The minimum Gasteiger partial charge on any atom is -0.398 e. The van der Waals surface area contributed by atoms with Gasteiger partial charge in [-0.2, -0.15) is 0 Å². The molecule has 0 aliphatic heterocycles. The zero-order valence-corrected chi connectivity index (χ0v) is 13.2. The van der Waals surface area contributed by atoms with Crippen LogP contribution in [0.2, 0.25) is 0 Å². The first kappa shape index (κ1) is 16.0. The van der Waals surface area contributed by atoms with Crippen molar-refractivity contribution in [2.75, 3.05) is 12.3 Å². The second kappa shape index (κ2) is 5.51. The number of nitrogens with one attached hydrogen (secondary N) is 1. The van der Waals surface area contributed by atoms with E-state index in [1.165, 1.54) is 0 Å². The molecule has 0 aliphatic rings. The van der Waals surface area contributed by atoms with Crippen LogP contribution in [0.5, 0.6) is 0 Å². The summed E-state index contributed by atoms with van der Waals surface area (Å²) in [7, 11) is -3.51. The van der Waals surface area contributed by atoms with E-state index >= 15 is 0 Å². The van der Waals surface area contributed by atoms with Gasteiger partial charge in [0.05, 0.1) is 4.90 Å². The molecule has 0 radical (unpaired) electrons. The van der Waals surface area contributed by atoms with Gasteiger partial charge < -0.3 is 5.73 Å². The van der Waals surface area contributed by atoms with E-state index < -0.39 is 10.0 Å². The zero-order valence-electron chi connectivity index (χ0n) is 12.4. The Kier molecular flexibility index (Phi) is 4.63. The highest BCUT2D eigenvalue weighted by Gasteiger charge is 2.22. The second-order valence-corrected chi connectivity index (χ2v) is 7.55. The summed E-state index contributed by atoms with van der Waals surface area (Å²) >= 11 is 0. The third-order valence-corrected chi connectivity index (χ3v) is 5.06. The summed E-state index contributed by atoms with van der Waals surface area (Å²) in [5.74, 6) is 0. The number of hydrogen-bond donors (Lipinski definition) is 2. The average Bonchev–Trinajstić information content (AvgIpc) is 2.31. The van der Waals surface area contributed by atoms with Crippen LogP contribution in [-0.4, -0.2) is 15.0 Å². The highest BCUT2D eigenvalue weighted by molar-refractivity contribution is 7.89. The Morgan fingerprint density at radius 3 is 2.37 bits per heavy atom. The van der Waals surface area contributed by atoms with E-state index in [2.05, 4.69) is 4.72 Å². The first-order valence-electron chi connectivity index (χ1n) is 6.45. The van der Waals surface area contributed by atoms with Crippen LogP contribution >= 0.6 is 0 Å². The lowest BCUT2D eigenvalue weighted by Gasteiger charge is -2.23. The molecule has 108 valence electrons. The Labute approximate surface area is 116 Å². The van der Waals surface area contributed by atoms with Crippen LogP contribution in [0.15, 0.2) is 17.0 Å². The maximum absolute atomic E-state index is 12.4. The maximum Gasteiger partial charge on any atom is 0.240 e. The molecule has 0 saturated carbocycles. The lowest BCUT2D eigenvalue weighted by molar-refractivity contribution is 0.350. The number of nitrogens with two attached hydrogens (primary N) is 1. The molecule has 4 nitrogen and oxygen atoms in total. The van der Waals surface area contributed by atoms with Gasteiger partial charge >= 0.3 is 0 Å². The fourth-order valence-electron chi connectivity index (χ4n) is 1.62. The molecule has 5 heteroatoms. The molecule has 19 heavy (non-hydrogen) atoms. The standard InChI is InChI=1S/C14H24N2O2S/c1-6-14(4,5)9-16-19(17,18)13-8-10(2)7-12(15)11(13)3/h7-8,16H,6,9,15H2,1-5H3. The SMILES string of the molecule is CCC(C)(C)CNS(=O)(=O)c1cc(C)cc(N)c1C.